The van der Waals surface area contributed by atoms with E-state index in [-0.39, 0.29) is 11.9 Å². The van der Waals surface area contributed by atoms with Gasteiger partial charge in [-0.2, -0.15) is 0 Å². The number of anilines is 1. The standard InChI is InChI=1S/C17H23Br2N3O/c1-11(17(23)20-16-6-3-12(18)9-15(16)19)22-8-7-13-4-5-14(10-22)21(13)2/h3,6,9,11,13-14H,4-5,7-8,10H2,1-2H3,(H,20,23)/t11-,13+,14-/m0/s1. The summed E-state index contributed by atoms with van der Waals surface area (Å²) in [6.45, 7) is 4.01. The highest BCUT2D eigenvalue weighted by atomic mass is 79.9. The summed E-state index contributed by atoms with van der Waals surface area (Å²) in [6.07, 6.45) is 3.72. The molecule has 6 heteroatoms. The monoisotopic (exact) mass is 443 g/mol. The molecule has 2 fully saturated rings. The smallest absolute Gasteiger partial charge is 0.241 e. The number of rotatable bonds is 3. The second kappa shape index (κ2) is 7.21. The first-order chi connectivity index (χ1) is 11.0. The Morgan fingerprint density at radius 3 is 2.74 bits per heavy atom. The molecule has 126 valence electrons. The third-order valence-electron chi connectivity index (χ3n) is 5.30. The molecule has 0 aromatic heterocycles. The number of halogens is 2. The summed E-state index contributed by atoms with van der Waals surface area (Å²) in [5.74, 6) is 0.0634. The zero-order chi connectivity index (χ0) is 16.6. The van der Waals surface area contributed by atoms with Crippen molar-refractivity contribution < 1.29 is 4.79 Å². The summed E-state index contributed by atoms with van der Waals surface area (Å²) in [6, 6.07) is 6.97. The maximum Gasteiger partial charge on any atom is 0.241 e. The fourth-order valence-corrected chi connectivity index (χ4v) is 4.83. The SMILES string of the molecule is C[C@@H](C(=O)Nc1ccc(Br)cc1Br)N1CC[C@H]2CC[C@@H](C1)N2C. The Labute approximate surface area is 154 Å². The van der Waals surface area contributed by atoms with Gasteiger partial charge in [-0.3, -0.25) is 14.6 Å². The molecule has 0 aliphatic carbocycles. The molecule has 2 heterocycles. The molecule has 23 heavy (non-hydrogen) atoms. The van der Waals surface area contributed by atoms with Crippen molar-refractivity contribution in [3.05, 3.63) is 27.1 Å². The molecule has 2 bridgehead atoms. The van der Waals surface area contributed by atoms with Gasteiger partial charge in [-0.1, -0.05) is 15.9 Å². The van der Waals surface area contributed by atoms with Crippen LogP contribution in [0.2, 0.25) is 0 Å². The molecule has 0 radical (unpaired) electrons. The number of benzene rings is 1. The normalized spacial score (nSPS) is 26.8. The number of hydrogen-bond acceptors (Lipinski definition) is 3. The van der Waals surface area contributed by atoms with Gasteiger partial charge >= 0.3 is 0 Å². The lowest BCUT2D eigenvalue weighted by Gasteiger charge is -2.30. The fraction of sp³-hybridized carbons (Fsp3) is 0.588. The highest BCUT2D eigenvalue weighted by molar-refractivity contribution is 9.11. The number of nitrogens with one attached hydrogen (secondary N) is 1. The predicted octanol–water partition coefficient (Wildman–Crippen LogP) is 3.71. The van der Waals surface area contributed by atoms with Crippen LogP contribution < -0.4 is 5.32 Å². The summed E-state index contributed by atoms with van der Waals surface area (Å²) in [4.78, 5) is 17.5. The van der Waals surface area contributed by atoms with E-state index in [2.05, 4.69) is 54.0 Å². The molecule has 3 rings (SSSR count). The molecule has 1 N–H and O–H groups in total. The molecule has 2 saturated heterocycles. The third kappa shape index (κ3) is 3.81. The quantitative estimate of drug-likeness (QED) is 0.771. The first kappa shape index (κ1) is 17.4. The second-order valence-corrected chi connectivity index (χ2v) is 8.39. The van der Waals surface area contributed by atoms with Gasteiger partial charge in [0.05, 0.1) is 11.7 Å². The van der Waals surface area contributed by atoms with E-state index < -0.39 is 0 Å². The highest BCUT2D eigenvalue weighted by Crippen LogP contribution is 2.30. The van der Waals surface area contributed by atoms with Crippen molar-refractivity contribution in [2.45, 2.75) is 44.3 Å². The topological polar surface area (TPSA) is 35.6 Å². The van der Waals surface area contributed by atoms with Crippen molar-refractivity contribution >= 4 is 43.5 Å². The molecule has 3 atom stereocenters. The van der Waals surface area contributed by atoms with Gasteiger partial charge < -0.3 is 5.32 Å². The van der Waals surface area contributed by atoms with Crippen LogP contribution in [-0.4, -0.2) is 54.0 Å². The van der Waals surface area contributed by atoms with Gasteiger partial charge in [-0.15, -0.1) is 0 Å². The first-order valence-electron chi connectivity index (χ1n) is 8.17. The highest BCUT2D eigenvalue weighted by Gasteiger charge is 2.36. The van der Waals surface area contributed by atoms with Crippen molar-refractivity contribution in [2.75, 3.05) is 25.5 Å². The average molecular weight is 445 g/mol. The Hall–Kier alpha value is -0.430. The van der Waals surface area contributed by atoms with Gasteiger partial charge in [0.2, 0.25) is 5.91 Å². The molecule has 0 saturated carbocycles. The van der Waals surface area contributed by atoms with Crippen molar-refractivity contribution in [3.8, 4) is 0 Å². The number of fused-ring (bicyclic) bond motifs is 2. The molecule has 0 unspecified atom stereocenters. The molecule has 4 nitrogen and oxygen atoms in total. The van der Waals surface area contributed by atoms with E-state index in [1.165, 1.54) is 12.8 Å². The van der Waals surface area contributed by atoms with Crippen LogP contribution in [0.5, 0.6) is 0 Å². The van der Waals surface area contributed by atoms with Crippen LogP contribution in [0.4, 0.5) is 5.69 Å². The van der Waals surface area contributed by atoms with Crippen LogP contribution in [0.1, 0.15) is 26.2 Å². The lowest BCUT2D eigenvalue weighted by molar-refractivity contribution is -0.120. The van der Waals surface area contributed by atoms with Gasteiger partial charge in [0.25, 0.3) is 0 Å². The number of hydrogen-bond donors (Lipinski definition) is 1. The van der Waals surface area contributed by atoms with Crippen molar-refractivity contribution in [2.24, 2.45) is 0 Å². The summed E-state index contributed by atoms with van der Waals surface area (Å²) in [7, 11) is 2.23. The lowest BCUT2D eigenvalue weighted by Crippen LogP contribution is -2.46. The number of amides is 1. The molecule has 1 aromatic carbocycles. The Bertz CT molecular complexity index is 595. The van der Waals surface area contributed by atoms with E-state index >= 15 is 0 Å². The lowest BCUT2D eigenvalue weighted by atomic mass is 10.1. The van der Waals surface area contributed by atoms with Gasteiger partial charge in [0, 0.05) is 34.1 Å². The molecule has 2 aliphatic rings. The van der Waals surface area contributed by atoms with E-state index in [1.807, 2.05) is 25.1 Å². The number of carbonyl (C=O) groups is 1. The molecule has 1 aromatic rings. The second-order valence-electron chi connectivity index (χ2n) is 6.62. The zero-order valence-corrected chi connectivity index (χ0v) is 16.7. The van der Waals surface area contributed by atoms with E-state index in [9.17, 15) is 4.79 Å². The first-order valence-corrected chi connectivity index (χ1v) is 9.76. The summed E-state index contributed by atoms with van der Waals surface area (Å²) in [5.41, 5.74) is 0.818. The van der Waals surface area contributed by atoms with Crippen LogP contribution >= 0.6 is 31.9 Å². The Morgan fingerprint density at radius 1 is 1.26 bits per heavy atom. The summed E-state index contributed by atoms with van der Waals surface area (Å²) in [5, 5.41) is 3.05. The maximum absolute atomic E-state index is 12.6. The summed E-state index contributed by atoms with van der Waals surface area (Å²) < 4.78 is 1.88. The van der Waals surface area contributed by atoms with E-state index in [0.29, 0.717) is 12.1 Å². The number of carbonyl (C=O) groups excluding carboxylic acids is 1. The van der Waals surface area contributed by atoms with Crippen LogP contribution in [0.3, 0.4) is 0 Å². The van der Waals surface area contributed by atoms with Crippen molar-refractivity contribution in [1.29, 1.82) is 0 Å². The van der Waals surface area contributed by atoms with Crippen LogP contribution in [-0.2, 0) is 4.79 Å². The van der Waals surface area contributed by atoms with Gasteiger partial charge in [-0.05, 0) is 67.4 Å². The van der Waals surface area contributed by atoms with Crippen molar-refractivity contribution in [1.82, 2.24) is 9.80 Å². The summed E-state index contributed by atoms with van der Waals surface area (Å²) >= 11 is 6.93. The zero-order valence-electron chi connectivity index (χ0n) is 13.6. The fourth-order valence-electron chi connectivity index (χ4n) is 3.68. The molecule has 1 amide bonds. The molecule has 0 spiro atoms. The van der Waals surface area contributed by atoms with Crippen molar-refractivity contribution in [3.63, 3.8) is 0 Å². The Balaban J connectivity index is 1.65. The molecular weight excluding hydrogens is 422 g/mol. The molecule has 2 aliphatic heterocycles. The minimum absolute atomic E-state index is 0.0634. The third-order valence-corrected chi connectivity index (χ3v) is 6.45. The maximum atomic E-state index is 12.6. The number of likely N-dealkylation sites (tertiary alicyclic amines) is 1. The van der Waals surface area contributed by atoms with E-state index in [0.717, 1.165) is 34.1 Å². The van der Waals surface area contributed by atoms with Gasteiger partial charge in [-0.25, -0.2) is 0 Å². The van der Waals surface area contributed by atoms with E-state index in [4.69, 9.17) is 0 Å². The largest absolute Gasteiger partial charge is 0.324 e. The Kier molecular flexibility index (Phi) is 5.46. The predicted molar refractivity (Wildman–Crippen MR) is 101 cm³/mol. The average Bonchev–Trinajstić information content (AvgIpc) is 2.74. The van der Waals surface area contributed by atoms with Crippen LogP contribution in [0.15, 0.2) is 27.1 Å². The molecular formula is C17H23Br2N3O. The van der Waals surface area contributed by atoms with Gasteiger partial charge in [0.15, 0.2) is 0 Å². The van der Waals surface area contributed by atoms with Crippen LogP contribution in [0, 0.1) is 0 Å². The number of likely N-dealkylation sites (N-methyl/N-ethyl adjacent to an activating group) is 1. The Morgan fingerprint density at radius 2 is 2.00 bits per heavy atom. The number of nitrogens with zero attached hydrogens (tertiary/aromatic N) is 2. The minimum Gasteiger partial charge on any atom is -0.324 e. The minimum atomic E-state index is -0.113. The van der Waals surface area contributed by atoms with E-state index in [1.54, 1.807) is 0 Å². The van der Waals surface area contributed by atoms with Gasteiger partial charge in [0.1, 0.15) is 0 Å². The van der Waals surface area contributed by atoms with Crippen LogP contribution in [0.25, 0.3) is 0 Å².